The number of hydrogen-bond acceptors (Lipinski definition) is 4. The van der Waals surface area contributed by atoms with Crippen molar-refractivity contribution in [2.24, 2.45) is 0 Å². The number of amides is 2. The van der Waals surface area contributed by atoms with Crippen LogP contribution in [0.5, 0.6) is 0 Å². The average Bonchev–Trinajstić information content (AvgIpc) is 3.02. The van der Waals surface area contributed by atoms with Crippen molar-refractivity contribution in [3.63, 3.8) is 0 Å². The first-order valence-electron chi connectivity index (χ1n) is 6.79. The molecule has 0 aliphatic rings. The van der Waals surface area contributed by atoms with Crippen molar-refractivity contribution in [2.75, 3.05) is 11.9 Å². The van der Waals surface area contributed by atoms with Gasteiger partial charge in [0, 0.05) is 24.2 Å². The van der Waals surface area contributed by atoms with E-state index in [0.29, 0.717) is 11.3 Å². The molecule has 6 heteroatoms. The second-order valence-corrected chi connectivity index (χ2v) is 4.66. The Hall–Kier alpha value is -2.89. The molecule has 1 aromatic heterocycles. The van der Waals surface area contributed by atoms with E-state index in [1.54, 1.807) is 36.4 Å². The summed E-state index contributed by atoms with van der Waals surface area (Å²) in [7, 11) is 0. The summed E-state index contributed by atoms with van der Waals surface area (Å²) in [5.41, 5.74) is 1.19. The van der Waals surface area contributed by atoms with Crippen LogP contribution in [-0.4, -0.2) is 24.1 Å². The standard InChI is InChI=1S/C16H16N2O4/c1-11(19)12-4-6-13(7-5-12)18-15(20)8-9-17-16(21)14-3-2-10-22-14/h2-7,10H,8-9H2,1H3,(H,17,21)(H,18,20). The molecule has 0 saturated heterocycles. The Kier molecular flexibility index (Phi) is 5.08. The summed E-state index contributed by atoms with van der Waals surface area (Å²) in [6, 6.07) is 9.79. The number of carbonyl (C=O) groups is 3. The van der Waals surface area contributed by atoms with E-state index >= 15 is 0 Å². The van der Waals surface area contributed by atoms with Gasteiger partial charge in [0.05, 0.1) is 6.26 Å². The third kappa shape index (κ3) is 4.31. The van der Waals surface area contributed by atoms with Gasteiger partial charge in [-0.25, -0.2) is 0 Å². The van der Waals surface area contributed by atoms with E-state index in [1.165, 1.54) is 13.2 Å². The Labute approximate surface area is 127 Å². The predicted molar refractivity (Wildman–Crippen MR) is 80.7 cm³/mol. The van der Waals surface area contributed by atoms with Gasteiger partial charge in [0.1, 0.15) is 0 Å². The van der Waals surface area contributed by atoms with E-state index in [-0.39, 0.29) is 36.3 Å². The van der Waals surface area contributed by atoms with Crippen LogP contribution in [0, 0.1) is 0 Å². The third-order valence-electron chi connectivity index (χ3n) is 2.96. The van der Waals surface area contributed by atoms with Crippen LogP contribution in [-0.2, 0) is 4.79 Å². The fourth-order valence-electron chi connectivity index (χ4n) is 1.80. The lowest BCUT2D eigenvalue weighted by Gasteiger charge is -2.06. The predicted octanol–water partition coefficient (Wildman–Crippen LogP) is 2.24. The normalized spacial score (nSPS) is 10.0. The molecular formula is C16H16N2O4. The third-order valence-corrected chi connectivity index (χ3v) is 2.96. The number of furan rings is 1. The molecule has 114 valence electrons. The lowest BCUT2D eigenvalue weighted by Crippen LogP contribution is -2.27. The molecule has 0 aliphatic heterocycles. The highest BCUT2D eigenvalue weighted by molar-refractivity contribution is 5.96. The average molecular weight is 300 g/mol. The van der Waals surface area contributed by atoms with Crippen molar-refractivity contribution >= 4 is 23.3 Å². The summed E-state index contributed by atoms with van der Waals surface area (Å²) in [6.45, 7) is 1.69. The second kappa shape index (κ2) is 7.21. The maximum atomic E-state index is 11.7. The molecule has 0 radical (unpaired) electrons. The molecule has 2 rings (SSSR count). The number of carbonyl (C=O) groups excluding carboxylic acids is 3. The maximum Gasteiger partial charge on any atom is 0.286 e. The molecule has 2 amide bonds. The van der Waals surface area contributed by atoms with Gasteiger partial charge in [-0.15, -0.1) is 0 Å². The Morgan fingerprint density at radius 3 is 2.41 bits per heavy atom. The van der Waals surface area contributed by atoms with Crippen LogP contribution in [0.15, 0.2) is 47.1 Å². The molecule has 2 N–H and O–H groups in total. The van der Waals surface area contributed by atoms with Crippen LogP contribution in [0.25, 0.3) is 0 Å². The Morgan fingerprint density at radius 1 is 1.09 bits per heavy atom. The zero-order valence-corrected chi connectivity index (χ0v) is 12.1. The first-order chi connectivity index (χ1) is 10.6. The van der Waals surface area contributed by atoms with Gasteiger partial charge in [-0.1, -0.05) is 0 Å². The molecule has 2 aromatic rings. The monoisotopic (exact) mass is 300 g/mol. The lowest BCUT2D eigenvalue weighted by atomic mass is 10.1. The van der Waals surface area contributed by atoms with Crippen LogP contribution < -0.4 is 10.6 Å². The van der Waals surface area contributed by atoms with E-state index in [9.17, 15) is 14.4 Å². The molecule has 22 heavy (non-hydrogen) atoms. The van der Waals surface area contributed by atoms with Crippen molar-refractivity contribution in [2.45, 2.75) is 13.3 Å². The second-order valence-electron chi connectivity index (χ2n) is 4.66. The summed E-state index contributed by atoms with van der Waals surface area (Å²) in [4.78, 5) is 34.5. The van der Waals surface area contributed by atoms with Gasteiger partial charge >= 0.3 is 0 Å². The first-order valence-corrected chi connectivity index (χ1v) is 6.79. The van der Waals surface area contributed by atoms with Crippen molar-refractivity contribution in [1.29, 1.82) is 0 Å². The van der Waals surface area contributed by atoms with Crippen molar-refractivity contribution in [1.82, 2.24) is 5.32 Å². The van der Waals surface area contributed by atoms with E-state index in [0.717, 1.165) is 0 Å². The minimum Gasteiger partial charge on any atom is -0.459 e. The van der Waals surface area contributed by atoms with Gasteiger partial charge in [-0.05, 0) is 43.3 Å². The zero-order chi connectivity index (χ0) is 15.9. The topological polar surface area (TPSA) is 88.4 Å². The summed E-state index contributed by atoms with van der Waals surface area (Å²) < 4.78 is 4.94. The highest BCUT2D eigenvalue weighted by Crippen LogP contribution is 2.10. The number of benzene rings is 1. The Balaban J connectivity index is 1.76. The number of anilines is 1. The number of ketones is 1. The fraction of sp³-hybridized carbons (Fsp3) is 0.188. The lowest BCUT2D eigenvalue weighted by molar-refractivity contribution is -0.116. The molecule has 0 unspecified atom stereocenters. The van der Waals surface area contributed by atoms with Crippen LogP contribution >= 0.6 is 0 Å². The molecule has 0 spiro atoms. The van der Waals surface area contributed by atoms with E-state index in [2.05, 4.69) is 10.6 Å². The molecule has 0 aliphatic carbocycles. The smallest absolute Gasteiger partial charge is 0.286 e. The minimum absolute atomic E-state index is 0.0292. The SMILES string of the molecule is CC(=O)c1ccc(NC(=O)CCNC(=O)c2ccco2)cc1. The fourth-order valence-corrected chi connectivity index (χ4v) is 1.80. The summed E-state index contributed by atoms with van der Waals surface area (Å²) in [6.07, 6.45) is 1.55. The largest absolute Gasteiger partial charge is 0.459 e. The first kappa shape index (κ1) is 15.5. The van der Waals surface area contributed by atoms with Crippen LogP contribution in [0.4, 0.5) is 5.69 Å². The van der Waals surface area contributed by atoms with Gasteiger partial charge in [-0.3, -0.25) is 14.4 Å². The Bertz CT molecular complexity index is 660. The van der Waals surface area contributed by atoms with Crippen molar-refractivity contribution in [3.05, 3.63) is 54.0 Å². The van der Waals surface area contributed by atoms with Crippen LogP contribution in [0.1, 0.15) is 34.3 Å². The van der Waals surface area contributed by atoms with E-state index < -0.39 is 0 Å². The summed E-state index contributed by atoms with van der Waals surface area (Å²) >= 11 is 0. The number of Topliss-reactive ketones (excluding diaryl/α,β-unsaturated/α-hetero) is 1. The van der Waals surface area contributed by atoms with Gasteiger partial charge in [-0.2, -0.15) is 0 Å². The molecule has 0 fully saturated rings. The van der Waals surface area contributed by atoms with Gasteiger partial charge in [0.25, 0.3) is 5.91 Å². The summed E-state index contributed by atoms with van der Waals surface area (Å²) in [5, 5.41) is 5.28. The molecule has 1 heterocycles. The molecule has 6 nitrogen and oxygen atoms in total. The van der Waals surface area contributed by atoms with E-state index in [1.807, 2.05) is 0 Å². The highest BCUT2D eigenvalue weighted by atomic mass is 16.3. The number of hydrogen-bond donors (Lipinski definition) is 2. The molecule has 0 atom stereocenters. The number of nitrogens with one attached hydrogen (secondary N) is 2. The van der Waals surface area contributed by atoms with Gasteiger partial charge in [0.15, 0.2) is 11.5 Å². The van der Waals surface area contributed by atoms with Crippen LogP contribution in [0.2, 0.25) is 0 Å². The van der Waals surface area contributed by atoms with E-state index in [4.69, 9.17) is 4.42 Å². The minimum atomic E-state index is -0.358. The maximum absolute atomic E-state index is 11.7. The van der Waals surface area contributed by atoms with Gasteiger partial charge in [0.2, 0.25) is 5.91 Å². The molecular weight excluding hydrogens is 284 g/mol. The number of rotatable bonds is 6. The molecule has 0 saturated carbocycles. The quantitative estimate of drug-likeness (QED) is 0.801. The Morgan fingerprint density at radius 2 is 1.82 bits per heavy atom. The molecule has 1 aromatic carbocycles. The van der Waals surface area contributed by atoms with Crippen LogP contribution in [0.3, 0.4) is 0 Å². The highest BCUT2D eigenvalue weighted by Gasteiger charge is 2.09. The van der Waals surface area contributed by atoms with Crippen molar-refractivity contribution in [3.8, 4) is 0 Å². The molecule has 0 bridgehead atoms. The zero-order valence-electron chi connectivity index (χ0n) is 12.1. The van der Waals surface area contributed by atoms with Crippen molar-refractivity contribution < 1.29 is 18.8 Å². The van der Waals surface area contributed by atoms with Gasteiger partial charge < -0.3 is 15.1 Å². The summed E-state index contributed by atoms with van der Waals surface area (Å²) in [5.74, 6) is -0.405.